The number of hydrogen-bond acceptors (Lipinski definition) is 3. The Hall–Kier alpha value is -2.35. The fraction of sp³-hybridized carbons (Fsp3) is 0.222. The van der Waals surface area contributed by atoms with E-state index in [-0.39, 0.29) is 23.7 Å². The molecule has 0 radical (unpaired) electrons. The fourth-order valence-electron chi connectivity index (χ4n) is 0.964. The van der Waals surface area contributed by atoms with Crippen LogP contribution in [0.15, 0.2) is 18.2 Å². The molecule has 1 rings (SSSR count). The molecule has 0 fully saturated rings. The third kappa shape index (κ3) is 2.04. The quantitative estimate of drug-likeness (QED) is 0.685. The molecule has 0 spiro atoms. The maximum absolute atomic E-state index is 10.9. The summed E-state index contributed by atoms with van der Waals surface area (Å²) < 4.78 is 0. The molecule has 0 saturated heterocycles. The van der Waals surface area contributed by atoms with Crippen molar-refractivity contribution in [1.82, 2.24) is 0 Å². The molecule has 3 nitrogen and oxygen atoms in total. The molecule has 0 atom stereocenters. The van der Waals surface area contributed by atoms with Gasteiger partial charge in [0.1, 0.15) is 5.75 Å². The molecule has 1 aromatic rings. The van der Waals surface area contributed by atoms with E-state index in [9.17, 15) is 9.90 Å². The number of phenolic OH excluding ortho intramolecular Hbond substituents is 1. The van der Waals surface area contributed by atoms with Gasteiger partial charge >= 0.3 is 0 Å². The topological polar surface area (TPSA) is 57.5 Å². The third-order valence-electron chi connectivity index (χ3n) is 1.62. The van der Waals surface area contributed by atoms with Gasteiger partial charge in [-0.3, -0.25) is 4.79 Å². The molecule has 0 aliphatic rings. The third-order valence-corrected chi connectivity index (χ3v) is 1.62. The fourth-order valence-corrected chi connectivity index (χ4v) is 0.964. The van der Waals surface area contributed by atoms with Gasteiger partial charge in [0, 0.05) is 0 Å². The molecule has 0 aromatic heterocycles. The van der Waals surface area contributed by atoms with Gasteiger partial charge in [0.05, 0.1) is 12.2 Å². The molecule has 0 bridgehead atoms. The van der Waals surface area contributed by atoms with Crippen molar-refractivity contribution in [3.05, 3.63) is 29.3 Å². The van der Waals surface area contributed by atoms with E-state index >= 15 is 0 Å². The van der Waals surface area contributed by atoms with Gasteiger partial charge in [-0.2, -0.15) is 0 Å². The summed E-state index contributed by atoms with van der Waals surface area (Å²) in [5.41, 5.74) is 0.875. The number of hydrogen-bond donors (Lipinski definition) is 2. The summed E-state index contributed by atoms with van der Waals surface area (Å²) in [6.07, 6.45) is 0. The van der Waals surface area contributed by atoms with E-state index in [1.807, 2.05) is 0 Å². The van der Waals surface area contributed by atoms with Crippen molar-refractivity contribution in [3.8, 4) is 5.75 Å². The van der Waals surface area contributed by atoms with Crippen LogP contribution in [0.25, 0.3) is 0 Å². The number of Topliss-reactive ketones (excluding diaryl/α,β-unsaturated/α-hetero) is 1. The molecule has 0 saturated carbocycles. The second-order valence-electron chi connectivity index (χ2n) is 2.57. The number of aliphatic hydroxyl groups excluding tert-OH is 1. The summed E-state index contributed by atoms with van der Waals surface area (Å²) in [5, 5.41) is 17.9. The van der Waals surface area contributed by atoms with Crippen molar-refractivity contribution in [2.24, 2.45) is 0 Å². The van der Waals surface area contributed by atoms with Crippen LogP contribution in [0.5, 0.6) is 5.75 Å². The summed E-state index contributed by atoms with van der Waals surface area (Å²) in [4.78, 5) is 10.9. The Labute approximate surface area is 70.3 Å². The Bertz CT molecular complexity index is 310. The van der Waals surface area contributed by atoms with Crippen molar-refractivity contribution < 1.29 is 15.0 Å². The van der Waals surface area contributed by atoms with Crippen LogP contribution in [0, 0.1) is 0 Å². The van der Waals surface area contributed by atoms with Gasteiger partial charge in [-0.1, -0.05) is 6.07 Å². The maximum Gasteiger partial charge on any atom is 0.163 e. The summed E-state index contributed by atoms with van der Waals surface area (Å²) in [7, 11) is 0. The predicted octanol–water partition coefficient (Wildman–Crippen LogP) is 1.09. The van der Waals surface area contributed by atoms with Crippen molar-refractivity contribution >= 4 is 5.78 Å². The van der Waals surface area contributed by atoms with Crippen LogP contribution in [0.4, 0.5) is 0 Å². The molecule has 0 unspecified atom stereocenters. The van der Waals surface area contributed by atoms with Crippen LogP contribution in [0.3, 0.4) is 0 Å². The Morgan fingerprint density at radius 3 is 2.54 bits per heavy atom. The molecule has 13 heavy (non-hydrogen) atoms. The van der Waals surface area contributed by atoms with Crippen molar-refractivity contribution in [2.75, 3.05) is 0 Å². The molecule has 0 aliphatic heterocycles. The van der Waals surface area contributed by atoms with Gasteiger partial charge in [-0.25, -0.2) is 0 Å². The Kier molecular flexibility index (Phi) is 3.17. The standard InChI is InChI=1S/C9H10O3.Sg/c1-6(11)8-4-7(5-10)2-3-9(8)12;/h2-4,10,12H,5H2,1H3;. The first kappa shape index (κ1) is 10.7. The number of carbonyl (C=O) groups excluding carboxylic acids is 1. The first-order chi connectivity index (χ1) is 5.65. The maximum atomic E-state index is 10.9. The van der Waals surface area contributed by atoms with E-state index in [0.717, 1.165) is 0 Å². The van der Waals surface area contributed by atoms with Crippen LogP contribution in [-0.4, -0.2) is 16.0 Å². The largest absolute Gasteiger partial charge is 0.507 e. The molecule has 0 aliphatic carbocycles. The molecular weight excluding hydrogens is 425 g/mol. The number of carbonyl (C=O) groups is 1. The molecule has 4 heteroatoms. The van der Waals surface area contributed by atoms with Gasteiger partial charge in [-0.05, 0) is 24.6 Å². The van der Waals surface area contributed by atoms with E-state index in [1.54, 1.807) is 6.07 Å². The zero-order chi connectivity index (χ0) is 9.14. The minimum atomic E-state index is -0.206. The summed E-state index contributed by atoms with van der Waals surface area (Å²) in [6, 6.07) is 4.46. The second kappa shape index (κ2) is 3.88. The van der Waals surface area contributed by atoms with Crippen molar-refractivity contribution in [3.63, 3.8) is 0 Å². The van der Waals surface area contributed by atoms with Crippen LogP contribution in [0.1, 0.15) is 22.8 Å². The first-order valence-corrected chi connectivity index (χ1v) is 3.59. The number of rotatable bonds is 2. The van der Waals surface area contributed by atoms with Crippen molar-refractivity contribution in [2.45, 2.75) is 13.5 Å². The van der Waals surface area contributed by atoms with Gasteiger partial charge < -0.3 is 10.2 Å². The minimum Gasteiger partial charge on any atom is -0.507 e. The number of benzene rings is 1. The Morgan fingerprint density at radius 2 is 2.08 bits per heavy atom. The molecular formula is C9H10O3Sg. The Balaban J connectivity index is 0.00000144. The SMILES string of the molecule is CC(=O)c1cc(CO)ccc1O.[Sg]. The number of aliphatic hydroxyl groups is 1. The zero-order valence-electron chi connectivity index (χ0n) is 7.45. The van der Waals surface area contributed by atoms with Gasteiger partial charge in [0.25, 0.3) is 0 Å². The molecule has 0 heterocycles. The van der Waals surface area contributed by atoms with Crippen LogP contribution in [-0.2, 0) is 6.61 Å². The van der Waals surface area contributed by atoms with Crippen molar-refractivity contribution in [1.29, 1.82) is 0 Å². The van der Waals surface area contributed by atoms with Gasteiger partial charge in [0.15, 0.2) is 5.78 Å². The first-order valence-electron chi connectivity index (χ1n) is 3.59. The van der Waals surface area contributed by atoms with Gasteiger partial charge in [-0.15, -0.1) is 0 Å². The Morgan fingerprint density at radius 1 is 1.46 bits per heavy atom. The summed E-state index contributed by atoms with van der Waals surface area (Å²) in [5.74, 6) is -0.248. The van der Waals surface area contributed by atoms with Crippen LogP contribution < -0.4 is 0 Å². The van der Waals surface area contributed by atoms with E-state index < -0.39 is 0 Å². The second-order valence-corrected chi connectivity index (χ2v) is 2.57. The van der Waals surface area contributed by atoms with E-state index in [2.05, 4.69) is 0 Å². The monoisotopic (exact) mass is 437 g/mol. The smallest absolute Gasteiger partial charge is 0.163 e. The molecule has 2 N–H and O–H groups in total. The molecule has 0 amide bonds. The van der Waals surface area contributed by atoms with Crippen LogP contribution in [0.2, 0.25) is 0 Å². The summed E-state index contributed by atoms with van der Waals surface area (Å²) >= 11 is 0. The van der Waals surface area contributed by atoms with Gasteiger partial charge in [0.2, 0.25) is 0 Å². The predicted molar refractivity (Wildman–Crippen MR) is 44.0 cm³/mol. The minimum absolute atomic E-state index is 0. The number of ketones is 1. The normalized spacial score (nSPS) is 9.08. The number of aromatic hydroxyl groups is 1. The molecule has 1 aromatic carbocycles. The molecule has 66 valence electrons. The van der Waals surface area contributed by atoms with E-state index in [0.29, 0.717) is 5.56 Å². The van der Waals surface area contributed by atoms with E-state index in [1.165, 1.54) is 19.1 Å². The summed E-state index contributed by atoms with van der Waals surface area (Å²) in [6.45, 7) is 1.25. The average molecular weight is 435 g/mol. The van der Waals surface area contributed by atoms with Crippen LogP contribution >= 0.6 is 0 Å². The zero-order valence-corrected chi connectivity index (χ0v) is 13.9. The number of phenols is 1. The average Bonchev–Trinajstić information content (AvgIpc) is 2.05. The van der Waals surface area contributed by atoms with E-state index in [4.69, 9.17) is 5.11 Å².